The lowest BCUT2D eigenvalue weighted by molar-refractivity contribution is 0.628. The highest BCUT2D eigenvalue weighted by molar-refractivity contribution is 9.10. The average molecular weight is 276 g/mol. The van der Waals surface area contributed by atoms with Crippen LogP contribution in [0.15, 0.2) is 10.5 Å². The standard InChI is InChI=1S/C10H12BrClN2/c1-5-4-7(11)8(10(12)14-5)9(13)6-2-3-6/h4,6,9H,2-3,13H2,1H3. The van der Waals surface area contributed by atoms with E-state index in [2.05, 4.69) is 20.9 Å². The van der Waals surface area contributed by atoms with Gasteiger partial charge in [0.05, 0.1) is 0 Å². The number of pyridine rings is 1. The topological polar surface area (TPSA) is 38.9 Å². The fraction of sp³-hybridized carbons (Fsp3) is 0.500. The van der Waals surface area contributed by atoms with Crippen LogP contribution in [0.2, 0.25) is 5.15 Å². The van der Waals surface area contributed by atoms with Crippen molar-refractivity contribution < 1.29 is 0 Å². The number of nitrogens with two attached hydrogens (primary N) is 1. The minimum atomic E-state index is 0.0324. The average Bonchev–Trinajstić information content (AvgIpc) is 2.83. The Hall–Kier alpha value is -0.120. The Bertz CT molecular complexity index is 340. The fourth-order valence-electron chi connectivity index (χ4n) is 1.59. The highest BCUT2D eigenvalue weighted by Crippen LogP contribution is 2.43. The highest BCUT2D eigenvalue weighted by Gasteiger charge is 2.32. The van der Waals surface area contributed by atoms with Crippen molar-refractivity contribution in [3.8, 4) is 0 Å². The van der Waals surface area contributed by atoms with E-state index in [0.29, 0.717) is 11.1 Å². The van der Waals surface area contributed by atoms with Crippen molar-refractivity contribution in [3.05, 3.63) is 26.9 Å². The van der Waals surface area contributed by atoms with Gasteiger partial charge in [0.1, 0.15) is 5.15 Å². The minimum Gasteiger partial charge on any atom is -0.324 e. The van der Waals surface area contributed by atoms with Gasteiger partial charge in [0.15, 0.2) is 0 Å². The molecule has 0 bridgehead atoms. The van der Waals surface area contributed by atoms with Crippen molar-refractivity contribution in [2.75, 3.05) is 0 Å². The SMILES string of the molecule is Cc1cc(Br)c(C(N)C2CC2)c(Cl)n1. The van der Waals surface area contributed by atoms with E-state index < -0.39 is 0 Å². The van der Waals surface area contributed by atoms with Gasteiger partial charge < -0.3 is 5.73 Å². The molecule has 0 saturated heterocycles. The van der Waals surface area contributed by atoms with Crippen LogP contribution in [0.5, 0.6) is 0 Å². The third kappa shape index (κ3) is 1.95. The Labute approximate surface area is 97.0 Å². The quantitative estimate of drug-likeness (QED) is 0.842. The molecule has 1 aromatic rings. The third-order valence-corrected chi connectivity index (χ3v) is 3.50. The van der Waals surface area contributed by atoms with Gasteiger partial charge in [-0.15, -0.1) is 0 Å². The summed E-state index contributed by atoms with van der Waals surface area (Å²) < 4.78 is 0.981. The molecular formula is C10H12BrClN2. The summed E-state index contributed by atoms with van der Waals surface area (Å²) in [5.74, 6) is 0.591. The van der Waals surface area contributed by atoms with Crippen LogP contribution in [0.25, 0.3) is 0 Å². The van der Waals surface area contributed by atoms with Crippen LogP contribution in [0.1, 0.15) is 30.1 Å². The third-order valence-electron chi connectivity index (χ3n) is 2.55. The van der Waals surface area contributed by atoms with Crippen molar-refractivity contribution >= 4 is 27.5 Å². The number of aromatic nitrogens is 1. The molecule has 0 amide bonds. The summed E-state index contributed by atoms with van der Waals surface area (Å²) in [4.78, 5) is 4.22. The molecule has 1 aromatic heterocycles. The van der Waals surface area contributed by atoms with E-state index in [1.54, 1.807) is 0 Å². The first-order valence-electron chi connectivity index (χ1n) is 4.67. The number of nitrogens with zero attached hydrogens (tertiary/aromatic N) is 1. The van der Waals surface area contributed by atoms with Crippen LogP contribution < -0.4 is 5.73 Å². The van der Waals surface area contributed by atoms with Crippen LogP contribution in [-0.2, 0) is 0 Å². The Kier molecular flexibility index (Phi) is 2.82. The van der Waals surface area contributed by atoms with Crippen LogP contribution >= 0.6 is 27.5 Å². The maximum atomic E-state index is 6.10. The lowest BCUT2D eigenvalue weighted by Crippen LogP contribution is -2.14. The van der Waals surface area contributed by atoms with Crippen molar-refractivity contribution in [1.29, 1.82) is 0 Å². The minimum absolute atomic E-state index is 0.0324. The maximum Gasteiger partial charge on any atom is 0.135 e. The van der Waals surface area contributed by atoms with Crippen molar-refractivity contribution in [2.45, 2.75) is 25.8 Å². The zero-order valence-electron chi connectivity index (χ0n) is 7.93. The van der Waals surface area contributed by atoms with Crippen LogP contribution in [0, 0.1) is 12.8 Å². The lowest BCUT2D eigenvalue weighted by Gasteiger charge is -2.14. The molecule has 0 aromatic carbocycles. The van der Waals surface area contributed by atoms with E-state index in [9.17, 15) is 0 Å². The Balaban J connectivity index is 2.40. The van der Waals surface area contributed by atoms with Gasteiger partial charge in [-0.3, -0.25) is 0 Å². The molecule has 1 saturated carbocycles. The number of aryl methyl sites for hydroxylation is 1. The Morgan fingerprint density at radius 1 is 1.64 bits per heavy atom. The lowest BCUT2D eigenvalue weighted by atomic mass is 10.1. The summed E-state index contributed by atoms with van der Waals surface area (Å²) in [6, 6.07) is 1.99. The van der Waals surface area contributed by atoms with E-state index in [1.165, 1.54) is 12.8 Å². The molecule has 1 atom stereocenters. The van der Waals surface area contributed by atoms with E-state index in [4.69, 9.17) is 17.3 Å². The van der Waals surface area contributed by atoms with Crippen LogP contribution in [0.3, 0.4) is 0 Å². The summed E-state index contributed by atoms with van der Waals surface area (Å²) >= 11 is 9.57. The molecule has 1 heterocycles. The second-order valence-corrected chi connectivity index (χ2v) is 5.03. The summed E-state index contributed by atoms with van der Waals surface area (Å²) in [6.45, 7) is 1.92. The first kappa shape index (κ1) is 10.4. The molecule has 2 N–H and O–H groups in total. The maximum absolute atomic E-state index is 6.10. The van der Waals surface area contributed by atoms with Gasteiger partial charge in [-0.25, -0.2) is 4.98 Å². The molecule has 76 valence electrons. The normalized spacial score (nSPS) is 18.3. The summed E-state index contributed by atoms with van der Waals surface area (Å²) in [5.41, 5.74) is 7.97. The number of hydrogen-bond donors (Lipinski definition) is 1. The molecule has 1 aliphatic carbocycles. The van der Waals surface area contributed by atoms with E-state index in [0.717, 1.165) is 15.7 Å². The summed E-state index contributed by atoms with van der Waals surface area (Å²) in [6.07, 6.45) is 2.41. The number of hydrogen-bond acceptors (Lipinski definition) is 2. The molecule has 0 radical (unpaired) electrons. The van der Waals surface area contributed by atoms with E-state index in [1.807, 2.05) is 13.0 Å². The summed E-state index contributed by atoms with van der Waals surface area (Å²) in [7, 11) is 0. The van der Waals surface area contributed by atoms with Crippen molar-refractivity contribution in [2.24, 2.45) is 11.7 Å². The molecule has 1 unspecified atom stereocenters. The smallest absolute Gasteiger partial charge is 0.135 e. The molecule has 1 aliphatic rings. The molecule has 2 rings (SSSR count). The zero-order chi connectivity index (χ0) is 10.3. The van der Waals surface area contributed by atoms with Crippen LogP contribution in [-0.4, -0.2) is 4.98 Å². The first-order chi connectivity index (χ1) is 6.59. The predicted octanol–water partition coefficient (Wildman–Crippen LogP) is 3.22. The highest BCUT2D eigenvalue weighted by atomic mass is 79.9. The van der Waals surface area contributed by atoms with Crippen LogP contribution in [0.4, 0.5) is 0 Å². The molecule has 4 heteroatoms. The predicted molar refractivity (Wildman–Crippen MR) is 61.3 cm³/mol. The molecule has 0 spiro atoms. The van der Waals surface area contributed by atoms with Gasteiger partial charge in [0.2, 0.25) is 0 Å². The largest absolute Gasteiger partial charge is 0.324 e. The Morgan fingerprint density at radius 2 is 2.29 bits per heavy atom. The van der Waals surface area contributed by atoms with E-state index >= 15 is 0 Å². The van der Waals surface area contributed by atoms with Gasteiger partial charge in [-0.05, 0) is 31.7 Å². The second kappa shape index (κ2) is 3.80. The fourth-order valence-corrected chi connectivity index (χ4v) is 2.85. The molecule has 1 fully saturated rings. The van der Waals surface area contributed by atoms with Gasteiger partial charge in [-0.2, -0.15) is 0 Å². The zero-order valence-corrected chi connectivity index (χ0v) is 10.3. The van der Waals surface area contributed by atoms with E-state index in [-0.39, 0.29) is 6.04 Å². The number of rotatable bonds is 2. The van der Waals surface area contributed by atoms with Gasteiger partial charge >= 0.3 is 0 Å². The molecule has 0 aliphatic heterocycles. The van der Waals surface area contributed by atoms with Gasteiger partial charge in [0, 0.05) is 21.8 Å². The first-order valence-corrected chi connectivity index (χ1v) is 5.85. The number of halogens is 2. The van der Waals surface area contributed by atoms with Gasteiger partial charge in [-0.1, -0.05) is 27.5 Å². The van der Waals surface area contributed by atoms with Crippen molar-refractivity contribution in [3.63, 3.8) is 0 Å². The Morgan fingerprint density at radius 3 is 2.79 bits per heavy atom. The molecular weight excluding hydrogens is 263 g/mol. The molecule has 2 nitrogen and oxygen atoms in total. The summed E-state index contributed by atoms with van der Waals surface area (Å²) in [5, 5.41) is 0.538. The molecule has 14 heavy (non-hydrogen) atoms. The van der Waals surface area contributed by atoms with Gasteiger partial charge in [0.25, 0.3) is 0 Å². The monoisotopic (exact) mass is 274 g/mol. The van der Waals surface area contributed by atoms with Crippen molar-refractivity contribution in [1.82, 2.24) is 4.98 Å². The second-order valence-electron chi connectivity index (χ2n) is 3.81.